The molecule has 0 N–H and O–H groups in total. The molecule has 0 aliphatic rings. The fraction of sp³-hybridized carbons (Fsp3) is 0.154. The number of carbonyl (C=O) groups is 1. The molecule has 1 aromatic carbocycles. The van der Waals surface area contributed by atoms with E-state index in [-0.39, 0.29) is 5.78 Å². The van der Waals surface area contributed by atoms with E-state index in [0.29, 0.717) is 10.6 Å². The Kier molecular flexibility index (Phi) is 3.42. The van der Waals surface area contributed by atoms with Crippen LogP contribution in [-0.2, 0) is 6.42 Å². The summed E-state index contributed by atoms with van der Waals surface area (Å²) in [6.07, 6.45) is 0.887. The quantitative estimate of drug-likeness (QED) is 0.747. The molecule has 82 valence electrons. The van der Waals surface area contributed by atoms with Crippen LogP contribution in [0.2, 0.25) is 5.02 Å². The van der Waals surface area contributed by atoms with E-state index >= 15 is 0 Å². The summed E-state index contributed by atoms with van der Waals surface area (Å²) in [5.41, 5.74) is 1.81. The van der Waals surface area contributed by atoms with Gasteiger partial charge in [-0.25, -0.2) is 0 Å². The third kappa shape index (κ3) is 2.18. The van der Waals surface area contributed by atoms with Crippen LogP contribution in [0.1, 0.15) is 27.7 Å². The molecule has 0 bridgehead atoms. The van der Waals surface area contributed by atoms with Crippen LogP contribution in [-0.4, -0.2) is 5.78 Å². The number of carbonyl (C=O) groups excluding carboxylic acids is 1. The second kappa shape index (κ2) is 4.81. The maximum atomic E-state index is 12.2. The van der Waals surface area contributed by atoms with E-state index in [9.17, 15) is 4.79 Å². The minimum atomic E-state index is 0.0866. The van der Waals surface area contributed by atoms with Crippen LogP contribution >= 0.6 is 22.9 Å². The first-order valence-electron chi connectivity index (χ1n) is 5.09. The Morgan fingerprint density at radius 2 is 1.94 bits per heavy atom. The summed E-state index contributed by atoms with van der Waals surface area (Å²) in [6, 6.07) is 9.03. The van der Waals surface area contributed by atoms with Gasteiger partial charge in [0.1, 0.15) is 0 Å². The molecule has 0 radical (unpaired) electrons. The Balaban J connectivity index is 2.35. The maximum Gasteiger partial charge on any atom is 0.203 e. The van der Waals surface area contributed by atoms with Crippen molar-refractivity contribution in [3.63, 3.8) is 0 Å². The van der Waals surface area contributed by atoms with Gasteiger partial charge in [0.25, 0.3) is 0 Å². The minimum Gasteiger partial charge on any atom is -0.288 e. The molecule has 16 heavy (non-hydrogen) atoms. The van der Waals surface area contributed by atoms with E-state index in [1.54, 1.807) is 24.3 Å². The lowest BCUT2D eigenvalue weighted by molar-refractivity contribution is 0.104. The van der Waals surface area contributed by atoms with Gasteiger partial charge in [0.15, 0.2) is 0 Å². The summed E-state index contributed by atoms with van der Waals surface area (Å²) in [7, 11) is 0. The second-order valence-electron chi connectivity index (χ2n) is 3.46. The highest BCUT2D eigenvalue weighted by Crippen LogP contribution is 2.22. The van der Waals surface area contributed by atoms with Crippen molar-refractivity contribution in [2.45, 2.75) is 13.3 Å². The third-order valence-corrected chi connectivity index (χ3v) is 3.65. The first-order chi connectivity index (χ1) is 7.72. The normalized spacial score (nSPS) is 10.4. The SMILES string of the molecule is CCc1ccsc1C(=O)c1ccc(Cl)cc1. The molecule has 0 aliphatic heterocycles. The molecule has 1 heterocycles. The lowest BCUT2D eigenvalue weighted by Gasteiger charge is -2.01. The van der Waals surface area contributed by atoms with E-state index in [1.165, 1.54) is 11.3 Å². The number of benzene rings is 1. The number of rotatable bonds is 3. The van der Waals surface area contributed by atoms with Gasteiger partial charge in [0.05, 0.1) is 4.88 Å². The molecule has 0 fully saturated rings. The van der Waals surface area contributed by atoms with Gasteiger partial charge in [-0.3, -0.25) is 4.79 Å². The van der Waals surface area contributed by atoms with Crippen LogP contribution < -0.4 is 0 Å². The predicted molar refractivity (Wildman–Crippen MR) is 68.6 cm³/mol. The first kappa shape index (κ1) is 11.4. The van der Waals surface area contributed by atoms with Crippen molar-refractivity contribution in [3.05, 3.63) is 56.7 Å². The maximum absolute atomic E-state index is 12.2. The molecule has 0 saturated carbocycles. The Morgan fingerprint density at radius 3 is 2.56 bits per heavy atom. The van der Waals surface area contributed by atoms with E-state index in [4.69, 9.17) is 11.6 Å². The molecule has 0 unspecified atom stereocenters. The standard InChI is InChI=1S/C13H11ClOS/c1-2-9-7-8-16-13(9)12(15)10-3-5-11(14)6-4-10/h3-8H,2H2,1H3. The van der Waals surface area contributed by atoms with E-state index < -0.39 is 0 Å². The van der Waals surface area contributed by atoms with Crippen molar-refractivity contribution in [2.24, 2.45) is 0 Å². The molecule has 2 rings (SSSR count). The lowest BCUT2D eigenvalue weighted by Crippen LogP contribution is -2.01. The zero-order chi connectivity index (χ0) is 11.5. The van der Waals surface area contributed by atoms with Crippen LogP contribution in [0.25, 0.3) is 0 Å². The molecule has 1 aromatic heterocycles. The first-order valence-corrected chi connectivity index (χ1v) is 6.34. The zero-order valence-corrected chi connectivity index (χ0v) is 10.4. The van der Waals surface area contributed by atoms with E-state index in [0.717, 1.165) is 16.9 Å². The molecule has 0 spiro atoms. The van der Waals surface area contributed by atoms with Crippen molar-refractivity contribution < 1.29 is 4.79 Å². The average Bonchev–Trinajstić information content (AvgIpc) is 2.77. The molecule has 1 nitrogen and oxygen atoms in total. The number of halogens is 1. The molecule has 3 heteroatoms. The van der Waals surface area contributed by atoms with Gasteiger partial charge in [-0.15, -0.1) is 11.3 Å². The van der Waals surface area contributed by atoms with Gasteiger partial charge in [-0.2, -0.15) is 0 Å². The lowest BCUT2D eigenvalue weighted by atomic mass is 10.1. The Hall–Kier alpha value is -1.12. The number of ketones is 1. The van der Waals surface area contributed by atoms with Crippen LogP contribution in [0.15, 0.2) is 35.7 Å². The Labute approximate surface area is 104 Å². The summed E-state index contributed by atoms with van der Waals surface area (Å²) in [5, 5.41) is 2.61. The summed E-state index contributed by atoms with van der Waals surface area (Å²) in [5.74, 6) is 0.0866. The molecule has 2 aromatic rings. The molecule has 0 amide bonds. The third-order valence-electron chi connectivity index (χ3n) is 2.44. The van der Waals surface area contributed by atoms with Crippen molar-refractivity contribution in [3.8, 4) is 0 Å². The van der Waals surface area contributed by atoms with Gasteiger partial charge in [-0.05, 0) is 47.7 Å². The molecule has 0 saturated heterocycles. The number of thiophene rings is 1. The second-order valence-corrected chi connectivity index (χ2v) is 4.82. The van der Waals surface area contributed by atoms with Gasteiger partial charge in [0, 0.05) is 10.6 Å². The highest BCUT2D eigenvalue weighted by molar-refractivity contribution is 7.12. The largest absolute Gasteiger partial charge is 0.288 e. The topological polar surface area (TPSA) is 17.1 Å². The Bertz CT molecular complexity index is 499. The van der Waals surface area contributed by atoms with Gasteiger partial charge >= 0.3 is 0 Å². The number of hydrogen-bond acceptors (Lipinski definition) is 2. The zero-order valence-electron chi connectivity index (χ0n) is 8.87. The fourth-order valence-electron chi connectivity index (χ4n) is 1.55. The van der Waals surface area contributed by atoms with Crippen LogP contribution in [0.5, 0.6) is 0 Å². The van der Waals surface area contributed by atoms with E-state index in [2.05, 4.69) is 6.92 Å². The average molecular weight is 251 g/mol. The number of hydrogen-bond donors (Lipinski definition) is 0. The van der Waals surface area contributed by atoms with Crippen molar-refractivity contribution >= 4 is 28.7 Å². The van der Waals surface area contributed by atoms with Crippen molar-refractivity contribution in [1.82, 2.24) is 0 Å². The van der Waals surface area contributed by atoms with Crippen molar-refractivity contribution in [2.75, 3.05) is 0 Å². The molecular formula is C13H11ClOS. The Morgan fingerprint density at radius 1 is 1.25 bits per heavy atom. The van der Waals surface area contributed by atoms with Gasteiger partial charge in [-0.1, -0.05) is 18.5 Å². The predicted octanol–water partition coefficient (Wildman–Crippen LogP) is 4.19. The van der Waals surface area contributed by atoms with E-state index in [1.807, 2.05) is 11.4 Å². The summed E-state index contributed by atoms with van der Waals surface area (Å²) >= 11 is 7.29. The summed E-state index contributed by atoms with van der Waals surface area (Å²) < 4.78 is 0. The van der Waals surface area contributed by atoms with Crippen LogP contribution in [0, 0.1) is 0 Å². The van der Waals surface area contributed by atoms with Gasteiger partial charge in [0.2, 0.25) is 5.78 Å². The van der Waals surface area contributed by atoms with Crippen LogP contribution in [0.4, 0.5) is 0 Å². The molecule has 0 aliphatic carbocycles. The van der Waals surface area contributed by atoms with Crippen molar-refractivity contribution in [1.29, 1.82) is 0 Å². The molecule has 0 atom stereocenters. The molecular weight excluding hydrogens is 240 g/mol. The summed E-state index contributed by atoms with van der Waals surface area (Å²) in [6.45, 7) is 2.06. The minimum absolute atomic E-state index is 0.0866. The fourth-order valence-corrected chi connectivity index (χ4v) is 2.63. The highest BCUT2D eigenvalue weighted by atomic mass is 35.5. The number of aryl methyl sites for hydroxylation is 1. The monoisotopic (exact) mass is 250 g/mol. The van der Waals surface area contributed by atoms with Gasteiger partial charge < -0.3 is 0 Å². The highest BCUT2D eigenvalue weighted by Gasteiger charge is 2.13. The summed E-state index contributed by atoms with van der Waals surface area (Å²) in [4.78, 5) is 13.0. The van der Waals surface area contributed by atoms with Crippen LogP contribution in [0.3, 0.4) is 0 Å². The smallest absolute Gasteiger partial charge is 0.203 e.